The molecule has 1 aliphatic heterocycles. The number of nitrogens with two attached hydrogens (primary N) is 2. The highest BCUT2D eigenvalue weighted by molar-refractivity contribution is 5.87. The van der Waals surface area contributed by atoms with Gasteiger partial charge in [-0.15, -0.1) is 5.92 Å². The standard InChI is InChI=1S/C27H31N9O4/c1-3-5-13-34-22-24(32-26(34)33-12-8-9-17(28)14-33)35(16-21(37)40-4-2)27(39)36(25(22)38)15-20-30-19-11-7-6-10-18(19)23(29)31-20/h6-7,10-11,17H,4,8-9,12-16,28H2,1-2H3,(H2,29,30,31). The van der Waals surface area contributed by atoms with Gasteiger partial charge in [-0.05, 0) is 38.8 Å². The third kappa shape index (κ3) is 5.01. The molecule has 0 saturated carbocycles. The molecule has 1 unspecified atom stereocenters. The summed E-state index contributed by atoms with van der Waals surface area (Å²) in [5, 5.41) is 0.661. The molecule has 5 rings (SSSR count). The number of nitrogen functional groups attached to an aromatic ring is 1. The molecule has 4 N–H and O–H groups in total. The highest BCUT2D eigenvalue weighted by atomic mass is 16.5. The Morgan fingerprint density at radius 2 is 1.95 bits per heavy atom. The second-order valence-electron chi connectivity index (χ2n) is 9.55. The largest absolute Gasteiger partial charge is 0.465 e. The summed E-state index contributed by atoms with van der Waals surface area (Å²) < 4.78 is 8.95. The van der Waals surface area contributed by atoms with Crippen molar-refractivity contribution >= 4 is 39.8 Å². The van der Waals surface area contributed by atoms with Crippen molar-refractivity contribution in [3.63, 3.8) is 0 Å². The quantitative estimate of drug-likeness (QED) is 0.246. The van der Waals surface area contributed by atoms with Gasteiger partial charge in [0.15, 0.2) is 17.0 Å². The van der Waals surface area contributed by atoms with Crippen LogP contribution < -0.4 is 27.6 Å². The fourth-order valence-electron chi connectivity index (χ4n) is 5.00. The molecule has 4 aromatic rings. The first-order valence-corrected chi connectivity index (χ1v) is 13.1. The summed E-state index contributed by atoms with van der Waals surface area (Å²) in [6.45, 7) is 4.18. The van der Waals surface area contributed by atoms with E-state index in [1.54, 1.807) is 30.5 Å². The predicted octanol–water partition coefficient (Wildman–Crippen LogP) is 0.447. The van der Waals surface area contributed by atoms with Gasteiger partial charge in [-0.25, -0.2) is 14.8 Å². The monoisotopic (exact) mass is 545 g/mol. The summed E-state index contributed by atoms with van der Waals surface area (Å²) in [6, 6.07) is 7.13. The third-order valence-corrected chi connectivity index (χ3v) is 6.82. The first-order valence-electron chi connectivity index (χ1n) is 13.1. The summed E-state index contributed by atoms with van der Waals surface area (Å²) in [6.07, 6.45) is 1.73. The number of para-hydroxylation sites is 1. The number of esters is 1. The van der Waals surface area contributed by atoms with E-state index < -0.39 is 23.8 Å². The van der Waals surface area contributed by atoms with E-state index in [2.05, 4.69) is 21.8 Å². The molecule has 1 aromatic carbocycles. The number of fused-ring (bicyclic) bond motifs is 2. The molecule has 0 aliphatic carbocycles. The maximum absolute atomic E-state index is 14.0. The maximum Gasteiger partial charge on any atom is 0.333 e. The second-order valence-corrected chi connectivity index (χ2v) is 9.55. The fraction of sp³-hybridized carbons (Fsp3) is 0.407. The van der Waals surface area contributed by atoms with Gasteiger partial charge >= 0.3 is 11.7 Å². The molecular weight excluding hydrogens is 514 g/mol. The van der Waals surface area contributed by atoms with Crippen LogP contribution in [0.15, 0.2) is 33.9 Å². The first-order chi connectivity index (χ1) is 19.3. The Balaban J connectivity index is 1.74. The van der Waals surface area contributed by atoms with Gasteiger partial charge in [-0.1, -0.05) is 18.1 Å². The van der Waals surface area contributed by atoms with Gasteiger partial charge in [0, 0.05) is 24.5 Å². The minimum atomic E-state index is -0.742. The minimum absolute atomic E-state index is 0.0619. The molecule has 13 heteroatoms. The number of nitrogens with zero attached hydrogens (tertiary/aromatic N) is 7. The topological polar surface area (TPSA) is 169 Å². The van der Waals surface area contributed by atoms with Gasteiger partial charge in [-0.2, -0.15) is 4.98 Å². The lowest BCUT2D eigenvalue weighted by Crippen LogP contribution is -2.44. The zero-order valence-corrected chi connectivity index (χ0v) is 22.5. The number of ether oxygens (including phenoxy) is 1. The molecule has 0 radical (unpaired) electrons. The number of carbonyl (C=O) groups is 1. The molecule has 1 aliphatic rings. The minimum Gasteiger partial charge on any atom is -0.465 e. The summed E-state index contributed by atoms with van der Waals surface area (Å²) in [7, 11) is 0. The SMILES string of the molecule is CC#CCn1c(N2CCCC(N)C2)nc2c1c(=O)n(Cc1nc(N)c3ccccc3n1)c(=O)n2CC(=O)OCC. The van der Waals surface area contributed by atoms with Gasteiger partial charge < -0.3 is 21.1 Å². The van der Waals surface area contributed by atoms with E-state index in [-0.39, 0.29) is 48.5 Å². The molecule has 1 fully saturated rings. The van der Waals surface area contributed by atoms with E-state index in [0.29, 0.717) is 29.9 Å². The summed E-state index contributed by atoms with van der Waals surface area (Å²) >= 11 is 0. The van der Waals surface area contributed by atoms with Crippen molar-refractivity contribution in [2.45, 2.75) is 52.4 Å². The van der Waals surface area contributed by atoms with Crippen molar-refractivity contribution in [3.05, 3.63) is 50.9 Å². The summed E-state index contributed by atoms with van der Waals surface area (Å²) in [5.74, 6) is 6.09. The number of imidazole rings is 1. The third-order valence-electron chi connectivity index (χ3n) is 6.82. The van der Waals surface area contributed by atoms with E-state index in [0.717, 1.165) is 22.0 Å². The Morgan fingerprint density at radius 1 is 1.15 bits per heavy atom. The highest BCUT2D eigenvalue weighted by Gasteiger charge is 2.28. The Kier molecular flexibility index (Phi) is 7.52. The van der Waals surface area contributed by atoms with Crippen molar-refractivity contribution in [2.24, 2.45) is 5.73 Å². The first kappa shape index (κ1) is 26.9. The Bertz CT molecular complexity index is 1780. The van der Waals surface area contributed by atoms with Gasteiger partial charge in [0.05, 0.1) is 25.2 Å². The lowest BCUT2D eigenvalue weighted by molar-refractivity contribution is -0.143. The van der Waals surface area contributed by atoms with Crippen LogP contribution in [-0.2, 0) is 29.2 Å². The van der Waals surface area contributed by atoms with Crippen molar-refractivity contribution in [1.29, 1.82) is 0 Å². The molecule has 3 aromatic heterocycles. The van der Waals surface area contributed by atoms with Crippen molar-refractivity contribution in [2.75, 3.05) is 30.3 Å². The van der Waals surface area contributed by atoms with Crippen LogP contribution in [-0.4, -0.2) is 60.4 Å². The van der Waals surface area contributed by atoms with E-state index in [9.17, 15) is 14.4 Å². The van der Waals surface area contributed by atoms with Crippen molar-refractivity contribution in [3.8, 4) is 11.8 Å². The molecule has 0 bridgehead atoms. The van der Waals surface area contributed by atoms with E-state index >= 15 is 0 Å². The average molecular weight is 546 g/mol. The molecule has 40 heavy (non-hydrogen) atoms. The van der Waals surface area contributed by atoms with Gasteiger partial charge in [-0.3, -0.25) is 23.3 Å². The number of hydrogen-bond acceptors (Lipinski definition) is 10. The predicted molar refractivity (Wildman–Crippen MR) is 151 cm³/mol. The molecule has 0 spiro atoms. The smallest absolute Gasteiger partial charge is 0.333 e. The normalized spacial score (nSPS) is 15.3. The number of benzene rings is 1. The van der Waals surface area contributed by atoms with Crippen LogP contribution in [0.1, 0.15) is 32.5 Å². The number of aromatic nitrogens is 6. The van der Waals surface area contributed by atoms with Crippen LogP contribution in [0, 0.1) is 11.8 Å². The molecule has 4 heterocycles. The molecule has 1 atom stereocenters. The van der Waals surface area contributed by atoms with Crippen LogP contribution in [0.3, 0.4) is 0 Å². The lowest BCUT2D eigenvalue weighted by Gasteiger charge is -2.31. The Hall–Kier alpha value is -4.70. The molecule has 0 amide bonds. The van der Waals surface area contributed by atoms with Crippen LogP contribution in [0.25, 0.3) is 22.1 Å². The fourth-order valence-corrected chi connectivity index (χ4v) is 5.00. The summed E-state index contributed by atoms with van der Waals surface area (Å²) in [4.78, 5) is 55.9. The van der Waals surface area contributed by atoms with Crippen molar-refractivity contribution < 1.29 is 9.53 Å². The van der Waals surface area contributed by atoms with Crippen molar-refractivity contribution in [1.82, 2.24) is 28.7 Å². The molecule has 1 saturated heterocycles. The second kappa shape index (κ2) is 11.2. The molecular formula is C27H31N9O4. The van der Waals surface area contributed by atoms with Crippen LogP contribution >= 0.6 is 0 Å². The Labute approximate surface area is 229 Å². The number of anilines is 2. The van der Waals surface area contributed by atoms with E-state index in [4.69, 9.17) is 21.2 Å². The lowest BCUT2D eigenvalue weighted by atomic mass is 10.1. The Morgan fingerprint density at radius 3 is 2.70 bits per heavy atom. The van der Waals surface area contributed by atoms with E-state index in [1.807, 2.05) is 17.0 Å². The highest BCUT2D eigenvalue weighted by Crippen LogP contribution is 2.23. The maximum atomic E-state index is 14.0. The molecule has 208 valence electrons. The number of rotatable bonds is 7. The summed E-state index contributed by atoms with van der Waals surface area (Å²) in [5.41, 5.74) is 11.8. The number of piperidine rings is 1. The van der Waals surface area contributed by atoms with Gasteiger partial charge in [0.2, 0.25) is 5.95 Å². The zero-order chi connectivity index (χ0) is 28.4. The van der Waals surface area contributed by atoms with Crippen LogP contribution in [0.5, 0.6) is 0 Å². The number of carbonyl (C=O) groups excluding carboxylic acids is 1. The molecule has 13 nitrogen and oxygen atoms in total. The van der Waals surface area contributed by atoms with Crippen LogP contribution in [0.2, 0.25) is 0 Å². The van der Waals surface area contributed by atoms with Gasteiger partial charge in [0.1, 0.15) is 12.4 Å². The number of hydrogen-bond donors (Lipinski definition) is 2. The zero-order valence-electron chi connectivity index (χ0n) is 22.5. The van der Waals surface area contributed by atoms with Gasteiger partial charge in [0.25, 0.3) is 5.56 Å². The van der Waals surface area contributed by atoms with E-state index in [1.165, 1.54) is 0 Å². The van der Waals surface area contributed by atoms with Crippen LogP contribution in [0.4, 0.5) is 11.8 Å². The average Bonchev–Trinajstić information content (AvgIpc) is 3.32.